The molecule has 1 rings (SSSR count). The van der Waals surface area contributed by atoms with Crippen molar-refractivity contribution in [1.82, 2.24) is 10.3 Å². The van der Waals surface area contributed by atoms with E-state index in [0.717, 1.165) is 11.3 Å². The van der Waals surface area contributed by atoms with Crippen molar-refractivity contribution in [2.24, 2.45) is 5.73 Å². The number of aryl methyl sites for hydroxylation is 1. The lowest BCUT2D eigenvalue weighted by Crippen LogP contribution is -2.44. The van der Waals surface area contributed by atoms with Crippen molar-refractivity contribution in [3.8, 4) is 0 Å². The van der Waals surface area contributed by atoms with Gasteiger partial charge in [-0.05, 0) is 45.7 Å². The van der Waals surface area contributed by atoms with E-state index in [-0.39, 0.29) is 6.04 Å². The third-order valence-corrected chi connectivity index (χ3v) is 2.59. The minimum absolute atomic E-state index is 0.155. The zero-order chi connectivity index (χ0) is 14.5. The molecular weight excluding hydrogens is 242 g/mol. The summed E-state index contributed by atoms with van der Waals surface area (Å²) in [6.07, 6.45) is 1.96. The molecule has 3 N–H and O–H groups in total. The number of carbonyl (C=O) groups excluding carboxylic acids is 1. The van der Waals surface area contributed by atoms with E-state index in [1.54, 1.807) is 6.20 Å². The zero-order valence-electron chi connectivity index (χ0n) is 12.1. The highest BCUT2D eigenvalue weighted by molar-refractivity contribution is 5.68. The van der Waals surface area contributed by atoms with Crippen molar-refractivity contribution < 1.29 is 9.53 Å². The van der Waals surface area contributed by atoms with Crippen molar-refractivity contribution >= 4 is 6.09 Å². The molecule has 0 aliphatic carbocycles. The number of nitrogens with one attached hydrogen (secondary N) is 1. The first kappa shape index (κ1) is 15.4. The zero-order valence-corrected chi connectivity index (χ0v) is 12.1. The number of alkyl carbamates (subject to hydrolysis) is 1. The molecule has 1 heterocycles. The summed E-state index contributed by atoms with van der Waals surface area (Å²) in [6, 6.07) is 3.71. The van der Waals surface area contributed by atoms with Crippen molar-refractivity contribution in [3.05, 3.63) is 29.6 Å². The molecule has 0 aliphatic rings. The van der Waals surface area contributed by atoms with Crippen LogP contribution in [-0.2, 0) is 11.2 Å². The van der Waals surface area contributed by atoms with Gasteiger partial charge in [-0.3, -0.25) is 4.98 Å². The molecular formula is C14H23N3O2. The number of nitrogens with zero attached hydrogens (tertiary/aromatic N) is 1. The minimum Gasteiger partial charge on any atom is -0.444 e. The van der Waals surface area contributed by atoms with E-state index in [0.29, 0.717) is 13.0 Å². The van der Waals surface area contributed by atoms with Crippen molar-refractivity contribution in [3.63, 3.8) is 0 Å². The molecule has 5 heteroatoms. The summed E-state index contributed by atoms with van der Waals surface area (Å²) < 4.78 is 5.22. The van der Waals surface area contributed by atoms with Crippen LogP contribution in [-0.4, -0.2) is 29.3 Å². The predicted octanol–water partition coefficient (Wildman–Crippen LogP) is 1.78. The molecule has 1 atom stereocenters. The fourth-order valence-corrected chi connectivity index (χ4v) is 1.67. The number of nitrogens with two attached hydrogens (primary N) is 1. The molecule has 1 aromatic heterocycles. The quantitative estimate of drug-likeness (QED) is 0.870. The monoisotopic (exact) mass is 265 g/mol. The van der Waals surface area contributed by atoms with Gasteiger partial charge >= 0.3 is 6.09 Å². The van der Waals surface area contributed by atoms with Gasteiger partial charge in [0.05, 0.1) is 0 Å². The number of pyridine rings is 1. The number of rotatable bonds is 4. The maximum Gasteiger partial charge on any atom is 0.407 e. The van der Waals surface area contributed by atoms with Crippen LogP contribution in [0.3, 0.4) is 0 Å². The van der Waals surface area contributed by atoms with Gasteiger partial charge in [-0.15, -0.1) is 0 Å². The molecule has 5 nitrogen and oxygen atoms in total. The van der Waals surface area contributed by atoms with Gasteiger partial charge in [0.2, 0.25) is 0 Å². The predicted molar refractivity (Wildman–Crippen MR) is 74.9 cm³/mol. The second kappa shape index (κ2) is 6.52. The number of carbonyl (C=O) groups is 1. The molecule has 1 aromatic rings. The molecule has 0 bridgehead atoms. The third kappa shape index (κ3) is 5.70. The minimum atomic E-state index is -0.506. The Labute approximate surface area is 114 Å². The third-order valence-electron chi connectivity index (χ3n) is 2.59. The smallest absolute Gasteiger partial charge is 0.407 e. The van der Waals surface area contributed by atoms with E-state index >= 15 is 0 Å². The summed E-state index contributed by atoms with van der Waals surface area (Å²) in [5, 5.41) is 2.78. The number of amides is 1. The summed E-state index contributed by atoms with van der Waals surface area (Å²) in [5.41, 5.74) is 7.21. The standard InChI is InChI=1S/C14H23N3O2/c1-10-11(6-5-7-16-10)8-12(9-15)17-13(18)19-14(2,3)4/h5-7,12H,8-9,15H2,1-4H3,(H,17,18). The Morgan fingerprint density at radius 1 is 1.53 bits per heavy atom. The Hall–Kier alpha value is -1.62. The van der Waals surface area contributed by atoms with Gasteiger partial charge in [0.1, 0.15) is 5.60 Å². The Bertz CT molecular complexity index is 427. The molecule has 106 valence electrons. The summed E-state index contributed by atoms with van der Waals surface area (Å²) in [4.78, 5) is 15.9. The Balaban J connectivity index is 2.60. The molecule has 0 fully saturated rings. The van der Waals surface area contributed by atoms with Crippen molar-refractivity contribution in [2.75, 3.05) is 6.54 Å². The van der Waals surface area contributed by atoms with Crippen LogP contribution in [0.4, 0.5) is 4.79 Å². The van der Waals surface area contributed by atoms with Crippen molar-refractivity contribution in [1.29, 1.82) is 0 Å². The van der Waals surface area contributed by atoms with Crippen LogP contribution in [0.25, 0.3) is 0 Å². The van der Waals surface area contributed by atoms with E-state index < -0.39 is 11.7 Å². The Kier molecular flexibility index (Phi) is 5.30. The first-order chi connectivity index (χ1) is 8.81. The SMILES string of the molecule is Cc1ncccc1CC(CN)NC(=O)OC(C)(C)C. The Morgan fingerprint density at radius 2 is 2.21 bits per heavy atom. The number of ether oxygens (including phenoxy) is 1. The second-order valence-corrected chi connectivity index (χ2v) is 5.53. The van der Waals surface area contributed by atoms with Gasteiger partial charge < -0.3 is 15.8 Å². The second-order valence-electron chi connectivity index (χ2n) is 5.53. The first-order valence-electron chi connectivity index (χ1n) is 6.42. The maximum absolute atomic E-state index is 11.7. The first-order valence-corrected chi connectivity index (χ1v) is 6.42. The summed E-state index contributed by atoms with van der Waals surface area (Å²) in [5.74, 6) is 0. The summed E-state index contributed by atoms with van der Waals surface area (Å²) in [7, 11) is 0. The van der Waals surface area contributed by atoms with Crippen LogP contribution in [0.5, 0.6) is 0 Å². The molecule has 1 unspecified atom stereocenters. The number of hydrogen-bond acceptors (Lipinski definition) is 4. The van der Waals surface area contributed by atoms with Gasteiger partial charge in [-0.1, -0.05) is 6.07 Å². The largest absolute Gasteiger partial charge is 0.444 e. The molecule has 19 heavy (non-hydrogen) atoms. The highest BCUT2D eigenvalue weighted by Crippen LogP contribution is 2.09. The molecule has 0 spiro atoms. The fraction of sp³-hybridized carbons (Fsp3) is 0.571. The van der Waals surface area contributed by atoms with Crippen LogP contribution in [0.2, 0.25) is 0 Å². The Morgan fingerprint density at radius 3 is 2.74 bits per heavy atom. The van der Waals surface area contributed by atoms with Crippen LogP contribution >= 0.6 is 0 Å². The van der Waals surface area contributed by atoms with E-state index in [1.165, 1.54) is 0 Å². The van der Waals surface area contributed by atoms with Gasteiger partial charge in [0.15, 0.2) is 0 Å². The van der Waals surface area contributed by atoms with E-state index in [4.69, 9.17) is 10.5 Å². The number of aromatic nitrogens is 1. The summed E-state index contributed by atoms with van der Waals surface area (Å²) in [6.45, 7) is 7.78. The van der Waals surface area contributed by atoms with E-state index in [2.05, 4.69) is 10.3 Å². The summed E-state index contributed by atoms with van der Waals surface area (Å²) >= 11 is 0. The lowest BCUT2D eigenvalue weighted by Gasteiger charge is -2.23. The topological polar surface area (TPSA) is 77.2 Å². The highest BCUT2D eigenvalue weighted by Gasteiger charge is 2.19. The molecule has 0 saturated heterocycles. The van der Waals surface area contributed by atoms with Crippen LogP contribution in [0.15, 0.2) is 18.3 Å². The molecule has 0 saturated carbocycles. The normalized spacial score (nSPS) is 12.9. The van der Waals surface area contributed by atoms with E-state index in [9.17, 15) is 4.79 Å². The molecule has 0 aromatic carbocycles. The molecule has 0 aliphatic heterocycles. The van der Waals surface area contributed by atoms with Gasteiger partial charge in [0, 0.05) is 24.5 Å². The maximum atomic E-state index is 11.7. The average Bonchev–Trinajstić information content (AvgIpc) is 2.28. The number of hydrogen-bond donors (Lipinski definition) is 2. The van der Waals surface area contributed by atoms with E-state index in [1.807, 2.05) is 39.8 Å². The lowest BCUT2D eigenvalue weighted by atomic mass is 10.1. The van der Waals surface area contributed by atoms with Crippen LogP contribution in [0, 0.1) is 6.92 Å². The lowest BCUT2D eigenvalue weighted by molar-refractivity contribution is 0.0506. The van der Waals surface area contributed by atoms with Crippen LogP contribution in [0.1, 0.15) is 32.0 Å². The van der Waals surface area contributed by atoms with Gasteiger partial charge in [-0.2, -0.15) is 0 Å². The van der Waals surface area contributed by atoms with Gasteiger partial charge in [0.25, 0.3) is 0 Å². The highest BCUT2D eigenvalue weighted by atomic mass is 16.6. The molecule has 1 amide bonds. The van der Waals surface area contributed by atoms with Gasteiger partial charge in [-0.25, -0.2) is 4.79 Å². The van der Waals surface area contributed by atoms with Crippen molar-refractivity contribution in [2.45, 2.75) is 45.8 Å². The average molecular weight is 265 g/mol. The molecule has 0 radical (unpaired) electrons. The van der Waals surface area contributed by atoms with Crippen LogP contribution < -0.4 is 11.1 Å². The fourth-order valence-electron chi connectivity index (χ4n) is 1.67.